The zero-order valence-corrected chi connectivity index (χ0v) is 14.0. The Balaban J connectivity index is 2.37. The molecule has 3 N–H and O–H groups in total. The number of aliphatic hydroxyl groups excluding tert-OH is 1. The van der Waals surface area contributed by atoms with Crippen molar-refractivity contribution >= 4 is 11.8 Å². The Hall–Kier alpha value is -2.14. The van der Waals surface area contributed by atoms with E-state index in [1.165, 1.54) is 18.9 Å². The maximum atomic E-state index is 13.7. The smallest absolute Gasteiger partial charge is 0.251 e. The molecule has 2 aromatic rings. The van der Waals surface area contributed by atoms with E-state index < -0.39 is 11.9 Å². The third-order valence-corrected chi connectivity index (χ3v) is 4.68. The molecule has 0 saturated carbocycles. The van der Waals surface area contributed by atoms with Gasteiger partial charge in [0.2, 0.25) is 0 Å². The first kappa shape index (κ1) is 18.2. The van der Waals surface area contributed by atoms with Crippen LogP contribution in [-0.4, -0.2) is 29.8 Å². The summed E-state index contributed by atoms with van der Waals surface area (Å²) in [6.45, 7) is -0.144. The Kier molecular flexibility index (Phi) is 6.55. The van der Waals surface area contributed by atoms with E-state index >= 15 is 0 Å². The fourth-order valence-corrected chi connectivity index (χ4v) is 3.45. The van der Waals surface area contributed by atoms with Crippen LogP contribution in [0.5, 0.6) is 5.88 Å². The van der Waals surface area contributed by atoms with Gasteiger partial charge >= 0.3 is 0 Å². The summed E-state index contributed by atoms with van der Waals surface area (Å²) in [4.78, 5) is 4.10. The predicted octanol–water partition coefficient (Wildman–Crippen LogP) is 2.64. The minimum atomic E-state index is -0.679. The van der Waals surface area contributed by atoms with E-state index in [2.05, 4.69) is 4.98 Å². The fraction of sp³-hybridized carbons (Fsp3) is 0.294. The summed E-state index contributed by atoms with van der Waals surface area (Å²) in [6, 6.07) is 12.2. The van der Waals surface area contributed by atoms with Gasteiger partial charge in [-0.3, -0.25) is 0 Å². The number of rotatable bonds is 7. The molecule has 0 radical (unpaired) electrons. The quantitative estimate of drug-likeness (QED) is 0.748. The highest BCUT2D eigenvalue weighted by Gasteiger charge is 2.21. The third-order valence-electron chi connectivity index (χ3n) is 3.40. The lowest BCUT2D eigenvalue weighted by Crippen LogP contribution is -2.26. The summed E-state index contributed by atoms with van der Waals surface area (Å²) < 4.78 is 18.6. The summed E-state index contributed by atoms with van der Waals surface area (Å²) >= 11 is 1.30. The molecule has 0 spiro atoms. The molecule has 0 aliphatic heterocycles. The predicted molar refractivity (Wildman–Crippen MR) is 90.2 cm³/mol. The minimum Gasteiger partial charge on any atom is -0.479 e. The van der Waals surface area contributed by atoms with Gasteiger partial charge in [0, 0.05) is 11.3 Å². The van der Waals surface area contributed by atoms with Crippen molar-refractivity contribution in [1.29, 1.82) is 5.26 Å². The minimum absolute atomic E-state index is 0.136. The van der Waals surface area contributed by atoms with Crippen LogP contribution in [0.1, 0.15) is 22.8 Å². The standard InChI is InChI=1S/C17H18FN3O2S/c1-23-16-14(18)7-12(9-19)17(21-16)24-15(8-13(20)10-22)11-5-3-2-4-6-11/h2-7,13,15,22H,8,10,20H2,1H3/t13-,15+/m0/s1. The second-order valence-electron chi connectivity index (χ2n) is 5.14. The number of methoxy groups -OCH3 is 1. The van der Waals surface area contributed by atoms with E-state index in [1.54, 1.807) is 0 Å². The second-order valence-corrected chi connectivity index (χ2v) is 6.33. The summed E-state index contributed by atoms with van der Waals surface area (Å²) in [6.07, 6.45) is 0.484. The highest BCUT2D eigenvalue weighted by Crippen LogP contribution is 2.39. The zero-order valence-electron chi connectivity index (χ0n) is 13.1. The van der Waals surface area contributed by atoms with Crippen molar-refractivity contribution in [3.05, 3.63) is 53.3 Å². The number of aromatic nitrogens is 1. The third kappa shape index (κ3) is 4.45. The Morgan fingerprint density at radius 3 is 2.71 bits per heavy atom. The number of aliphatic hydroxyl groups is 1. The molecule has 126 valence electrons. The van der Waals surface area contributed by atoms with Crippen LogP contribution in [-0.2, 0) is 0 Å². The Labute approximate surface area is 144 Å². The molecular formula is C17H18FN3O2S. The first-order valence-electron chi connectivity index (χ1n) is 7.31. The Morgan fingerprint density at radius 2 is 2.12 bits per heavy atom. The van der Waals surface area contributed by atoms with Crippen molar-refractivity contribution < 1.29 is 14.2 Å². The average Bonchev–Trinajstić information content (AvgIpc) is 2.62. The van der Waals surface area contributed by atoms with Gasteiger partial charge in [-0.25, -0.2) is 9.37 Å². The molecule has 0 bridgehead atoms. The number of benzene rings is 1. The van der Waals surface area contributed by atoms with Gasteiger partial charge in [0.05, 0.1) is 19.3 Å². The van der Waals surface area contributed by atoms with E-state index in [0.29, 0.717) is 11.4 Å². The highest BCUT2D eigenvalue weighted by atomic mass is 32.2. The van der Waals surface area contributed by atoms with Crippen LogP contribution in [0.4, 0.5) is 4.39 Å². The van der Waals surface area contributed by atoms with Crippen LogP contribution >= 0.6 is 11.8 Å². The SMILES string of the molecule is COc1nc(S[C@H](C[C@H](N)CO)c2ccccc2)c(C#N)cc1F. The largest absolute Gasteiger partial charge is 0.479 e. The molecule has 1 aromatic carbocycles. The molecule has 0 fully saturated rings. The molecule has 1 aromatic heterocycles. The monoisotopic (exact) mass is 347 g/mol. The highest BCUT2D eigenvalue weighted by molar-refractivity contribution is 7.99. The number of ether oxygens (including phenoxy) is 1. The van der Waals surface area contributed by atoms with Gasteiger partial charge in [-0.1, -0.05) is 42.1 Å². The van der Waals surface area contributed by atoms with E-state index in [-0.39, 0.29) is 23.3 Å². The van der Waals surface area contributed by atoms with Gasteiger partial charge in [0.15, 0.2) is 5.82 Å². The average molecular weight is 347 g/mol. The molecule has 0 amide bonds. The first-order chi connectivity index (χ1) is 11.6. The van der Waals surface area contributed by atoms with Crippen LogP contribution in [0.25, 0.3) is 0 Å². The van der Waals surface area contributed by atoms with E-state index in [4.69, 9.17) is 10.5 Å². The Morgan fingerprint density at radius 1 is 1.42 bits per heavy atom. The molecule has 0 aliphatic carbocycles. The molecule has 5 nitrogen and oxygen atoms in total. The topological polar surface area (TPSA) is 92.2 Å². The van der Waals surface area contributed by atoms with Crippen LogP contribution < -0.4 is 10.5 Å². The zero-order chi connectivity index (χ0) is 17.5. The first-order valence-corrected chi connectivity index (χ1v) is 8.19. The lowest BCUT2D eigenvalue weighted by Gasteiger charge is -2.20. The van der Waals surface area contributed by atoms with Gasteiger partial charge in [-0.15, -0.1) is 0 Å². The summed E-state index contributed by atoms with van der Waals surface area (Å²) in [7, 11) is 1.32. The molecule has 0 aliphatic rings. The van der Waals surface area contributed by atoms with Gasteiger partial charge < -0.3 is 15.6 Å². The molecule has 0 saturated heterocycles. The maximum Gasteiger partial charge on any atom is 0.251 e. The molecule has 7 heteroatoms. The van der Waals surface area contributed by atoms with Crippen LogP contribution in [0.2, 0.25) is 0 Å². The van der Waals surface area contributed by atoms with Crippen molar-refractivity contribution in [3.8, 4) is 11.9 Å². The summed E-state index contributed by atoms with van der Waals surface area (Å²) in [5.74, 6) is -0.837. The van der Waals surface area contributed by atoms with E-state index in [0.717, 1.165) is 11.6 Å². The van der Waals surface area contributed by atoms with E-state index in [9.17, 15) is 14.8 Å². The van der Waals surface area contributed by atoms with Crippen LogP contribution in [0.15, 0.2) is 41.4 Å². The normalized spacial score (nSPS) is 13.1. The van der Waals surface area contributed by atoms with Crippen molar-refractivity contribution in [2.24, 2.45) is 5.73 Å². The number of pyridine rings is 1. The number of hydrogen-bond donors (Lipinski definition) is 2. The lowest BCUT2D eigenvalue weighted by molar-refractivity contribution is 0.259. The van der Waals surface area contributed by atoms with Crippen LogP contribution in [0, 0.1) is 17.1 Å². The van der Waals surface area contributed by atoms with Crippen molar-refractivity contribution in [2.45, 2.75) is 22.7 Å². The molecular weight excluding hydrogens is 329 g/mol. The number of hydrogen-bond acceptors (Lipinski definition) is 6. The number of thioether (sulfide) groups is 1. The fourth-order valence-electron chi connectivity index (χ4n) is 2.17. The second kappa shape index (κ2) is 8.64. The van der Waals surface area contributed by atoms with Gasteiger partial charge in [-0.05, 0) is 18.1 Å². The number of nitrogens with zero attached hydrogens (tertiary/aromatic N) is 2. The maximum absolute atomic E-state index is 13.7. The molecule has 2 atom stereocenters. The molecule has 0 unspecified atom stereocenters. The van der Waals surface area contributed by atoms with Crippen molar-refractivity contribution in [2.75, 3.05) is 13.7 Å². The summed E-state index contributed by atoms with van der Waals surface area (Å²) in [5.41, 5.74) is 7.00. The Bertz CT molecular complexity index is 722. The number of nitriles is 1. The lowest BCUT2D eigenvalue weighted by atomic mass is 10.1. The summed E-state index contributed by atoms with van der Waals surface area (Å²) in [5, 5.41) is 18.7. The number of nitrogens with two attached hydrogens (primary N) is 1. The van der Waals surface area contributed by atoms with Crippen molar-refractivity contribution in [1.82, 2.24) is 4.98 Å². The molecule has 2 rings (SSSR count). The van der Waals surface area contributed by atoms with Gasteiger partial charge in [0.1, 0.15) is 11.1 Å². The van der Waals surface area contributed by atoms with Crippen LogP contribution in [0.3, 0.4) is 0 Å². The van der Waals surface area contributed by atoms with Crippen molar-refractivity contribution in [3.63, 3.8) is 0 Å². The van der Waals surface area contributed by atoms with Gasteiger partial charge in [-0.2, -0.15) is 5.26 Å². The van der Waals surface area contributed by atoms with E-state index in [1.807, 2.05) is 36.4 Å². The molecule has 1 heterocycles. The molecule has 24 heavy (non-hydrogen) atoms. The number of halogens is 1. The van der Waals surface area contributed by atoms with Gasteiger partial charge in [0.25, 0.3) is 5.88 Å².